The van der Waals surface area contributed by atoms with Crippen LogP contribution in [-0.4, -0.2) is 13.0 Å². The first-order chi connectivity index (χ1) is 11.7. The highest BCUT2D eigenvalue weighted by Gasteiger charge is 2.33. The van der Waals surface area contributed by atoms with E-state index in [0.29, 0.717) is 5.56 Å². The molecule has 0 aromatic heterocycles. The first-order valence-corrected chi connectivity index (χ1v) is 8.16. The minimum absolute atomic E-state index is 0. The molecule has 0 unspecified atom stereocenters. The Morgan fingerprint density at radius 1 is 0.760 bits per heavy atom. The van der Waals surface area contributed by atoms with Crippen LogP contribution in [0.5, 0.6) is 0 Å². The normalized spacial score (nSPS) is 10.6. The van der Waals surface area contributed by atoms with Crippen molar-refractivity contribution in [2.24, 2.45) is 0 Å². The van der Waals surface area contributed by atoms with Crippen molar-refractivity contribution < 1.29 is 4.79 Å². The molecule has 3 aromatic rings. The molecule has 0 aliphatic heterocycles. The van der Waals surface area contributed by atoms with Crippen molar-refractivity contribution in [3.05, 3.63) is 107 Å². The topological polar surface area (TPSA) is 29.1 Å². The van der Waals surface area contributed by atoms with E-state index in [9.17, 15) is 4.79 Å². The van der Waals surface area contributed by atoms with Gasteiger partial charge in [-0.2, -0.15) is 0 Å². The highest BCUT2D eigenvalue weighted by molar-refractivity contribution is 6.28. The average molecular weight is 352 g/mol. The van der Waals surface area contributed by atoms with Gasteiger partial charge in [0.15, 0.2) is 0 Å². The zero-order valence-corrected chi connectivity index (χ0v) is 14.1. The van der Waals surface area contributed by atoms with Gasteiger partial charge < -0.3 is 5.32 Å². The lowest BCUT2D eigenvalue weighted by molar-refractivity contribution is 0.0963. The Labute approximate surface area is 154 Å². The zero-order chi connectivity index (χ0) is 17.0. The Balaban J connectivity index is 0.00000225. The molecule has 25 heavy (non-hydrogen) atoms. The number of alkyl halides is 1. The van der Waals surface area contributed by atoms with E-state index in [1.807, 2.05) is 72.8 Å². The van der Waals surface area contributed by atoms with Gasteiger partial charge in [0.2, 0.25) is 0 Å². The lowest BCUT2D eigenvalue weighted by Crippen LogP contribution is -2.23. The smallest absolute Gasteiger partial charge is 0.251 e. The molecule has 0 heterocycles. The minimum Gasteiger partial charge on any atom is -0.355 e. The van der Waals surface area contributed by atoms with E-state index < -0.39 is 4.87 Å². The number of benzene rings is 3. The van der Waals surface area contributed by atoms with Crippen LogP contribution in [0.2, 0.25) is 0 Å². The first-order valence-electron chi connectivity index (χ1n) is 7.79. The quantitative estimate of drug-likeness (QED) is 0.507. The number of rotatable bonds is 4. The molecule has 0 spiro atoms. The Morgan fingerprint density at radius 2 is 1.16 bits per heavy atom. The van der Waals surface area contributed by atoms with Crippen molar-refractivity contribution in [3.8, 4) is 0 Å². The second kappa shape index (κ2) is 8.00. The fourth-order valence-corrected chi connectivity index (χ4v) is 3.21. The number of carbonyl (C=O) groups is 1. The molecule has 3 rings (SSSR count). The Bertz CT molecular complexity index is 774. The van der Waals surface area contributed by atoms with E-state index in [2.05, 4.69) is 5.32 Å². The van der Waals surface area contributed by atoms with Crippen LogP contribution in [0.25, 0.3) is 0 Å². The highest BCUT2D eigenvalue weighted by atomic mass is 35.5. The average Bonchev–Trinajstić information content (AvgIpc) is 2.68. The largest absolute Gasteiger partial charge is 0.355 e. The van der Waals surface area contributed by atoms with E-state index in [1.165, 1.54) is 0 Å². The van der Waals surface area contributed by atoms with E-state index in [1.54, 1.807) is 19.2 Å². The van der Waals surface area contributed by atoms with Crippen LogP contribution in [0.3, 0.4) is 0 Å². The van der Waals surface area contributed by atoms with E-state index >= 15 is 0 Å². The van der Waals surface area contributed by atoms with E-state index in [-0.39, 0.29) is 13.3 Å². The molecule has 0 radical (unpaired) electrons. The van der Waals surface area contributed by atoms with Crippen LogP contribution in [0, 0.1) is 0 Å². The van der Waals surface area contributed by atoms with Crippen LogP contribution in [-0.2, 0) is 4.87 Å². The zero-order valence-electron chi connectivity index (χ0n) is 13.4. The summed E-state index contributed by atoms with van der Waals surface area (Å²) in [5, 5.41) is 2.63. The van der Waals surface area contributed by atoms with Crippen molar-refractivity contribution in [1.82, 2.24) is 5.32 Å². The third-order valence-corrected chi connectivity index (χ3v) is 4.77. The summed E-state index contributed by atoms with van der Waals surface area (Å²) in [5.41, 5.74) is 3.52. The molecule has 0 aliphatic carbocycles. The maximum Gasteiger partial charge on any atom is 0.251 e. The molecule has 0 aliphatic rings. The molecule has 0 atom stereocenters. The molecular weight excluding hydrogens is 330 g/mol. The fourth-order valence-electron chi connectivity index (χ4n) is 2.83. The summed E-state index contributed by atoms with van der Waals surface area (Å²) >= 11 is 7.18. The maximum atomic E-state index is 11.8. The summed E-state index contributed by atoms with van der Waals surface area (Å²) in [6, 6.07) is 27.4. The number of hydrogen-bond acceptors (Lipinski definition) is 1. The van der Waals surface area contributed by atoms with Crippen molar-refractivity contribution in [1.29, 1.82) is 0 Å². The monoisotopic (exact) mass is 351 g/mol. The molecule has 128 valence electrons. The third kappa shape index (κ3) is 3.59. The van der Waals surface area contributed by atoms with Gasteiger partial charge in [-0.05, 0) is 28.8 Å². The molecule has 0 fully saturated rings. The van der Waals surface area contributed by atoms with Gasteiger partial charge in [0, 0.05) is 12.6 Å². The van der Waals surface area contributed by atoms with Gasteiger partial charge >= 0.3 is 0 Å². The van der Waals surface area contributed by atoms with Gasteiger partial charge in [-0.3, -0.25) is 4.79 Å². The van der Waals surface area contributed by atoms with E-state index in [4.69, 9.17) is 11.6 Å². The number of amides is 1. The van der Waals surface area contributed by atoms with Crippen LogP contribution in [0.4, 0.5) is 0 Å². The summed E-state index contributed by atoms with van der Waals surface area (Å²) < 4.78 is 0. The van der Waals surface area contributed by atoms with Crippen LogP contribution < -0.4 is 5.32 Å². The third-order valence-electron chi connectivity index (χ3n) is 4.12. The molecule has 0 saturated heterocycles. The second-order valence-electron chi connectivity index (χ2n) is 5.55. The van der Waals surface area contributed by atoms with Gasteiger partial charge in [0.1, 0.15) is 4.87 Å². The number of hydrogen-bond donors (Lipinski definition) is 1. The predicted octanol–water partition coefficient (Wildman–Crippen LogP) is 5.21. The van der Waals surface area contributed by atoms with Gasteiger partial charge in [0.25, 0.3) is 5.91 Å². The summed E-state index contributed by atoms with van der Waals surface area (Å²) in [6.07, 6.45) is 0. The SMILES string of the molecule is C.CNC(=O)c1ccc(C(Cl)(c2ccccc2)c2ccccc2)cc1. The Kier molecular flexibility index (Phi) is 6.00. The maximum absolute atomic E-state index is 11.8. The lowest BCUT2D eigenvalue weighted by atomic mass is 9.84. The van der Waals surface area contributed by atoms with Crippen LogP contribution in [0.1, 0.15) is 34.5 Å². The second-order valence-corrected chi connectivity index (χ2v) is 6.11. The predicted molar refractivity (Wildman–Crippen MR) is 105 cm³/mol. The van der Waals surface area contributed by atoms with Gasteiger partial charge in [0.05, 0.1) is 0 Å². The molecule has 0 saturated carbocycles. The molecule has 1 amide bonds. The fraction of sp³-hybridized carbons (Fsp3) is 0.136. The lowest BCUT2D eigenvalue weighted by Gasteiger charge is -2.29. The molecule has 3 aromatic carbocycles. The highest BCUT2D eigenvalue weighted by Crippen LogP contribution is 2.42. The standard InChI is InChI=1S/C21H18ClNO.CH4/c1-23-20(24)16-12-14-19(15-13-16)21(22,17-8-4-2-5-9-17)18-10-6-3-7-11-18;/h2-15H,1H3,(H,23,24);1H4. The van der Waals surface area contributed by atoms with Gasteiger partial charge in [-0.25, -0.2) is 0 Å². The van der Waals surface area contributed by atoms with Crippen molar-refractivity contribution in [3.63, 3.8) is 0 Å². The molecule has 1 N–H and O–H groups in total. The van der Waals surface area contributed by atoms with Gasteiger partial charge in [-0.1, -0.05) is 80.2 Å². The van der Waals surface area contributed by atoms with Crippen LogP contribution in [0.15, 0.2) is 84.9 Å². The number of halogens is 1. The number of nitrogens with one attached hydrogen (secondary N) is 1. The molecule has 2 nitrogen and oxygen atoms in total. The minimum atomic E-state index is -0.802. The van der Waals surface area contributed by atoms with E-state index in [0.717, 1.165) is 16.7 Å². The van der Waals surface area contributed by atoms with Crippen LogP contribution >= 0.6 is 11.6 Å². The molecule has 3 heteroatoms. The first kappa shape index (κ1) is 18.8. The summed E-state index contributed by atoms with van der Waals surface area (Å²) in [6.45, 7) is 0. The number of carbonyl (C=O) groups excluding carboxylic acids is 1. The molecular formula is C22H22ClNO. The summed E-state index contributed by atoms with van der Waals surface area (Å²) in [7, 11) is 1.62. The van der Waals surface area contributed by atoms with Crippen molar-refractivity contribution in [2.45, 2.75) is 12.3 Å². The van der Waals surface area contributed by atoms with Gasteiger partial charge in [-0.15, -0.1) is 11.6 Å². The summed E-state index contributed by atoms with van der Waals surface area (Å²) in [4.78, 5) is 11.0. The van der Waals surface area contributed by atoms with Crippen molar-refractivity contribution in [2.75, 3.05) is 7.05 Å². The Morgan fingerprint density at radius 3 is 1.56 bits per heavy atom. The molecule has 0 bridgehead atoms. The Hall–Kier alpha value is -2.58. The van der Waals surface area contributed by atoms with Crippen molar-refractivity contribution >= 4 is 17.5 Å². The summed E-state index contributed by atoms with van der Waals surface area (Å²) in [5.74, 6) is -0.110.